The lowest BCUT2D eigenvalue weighted by Crippen LogP contribution is -2.49. The first kappa shape index (κ1) is 24.7. The fourth-order valence-corrected chi connectivity index (χ4v) is 5.44. The number of carbonyl (C=O) groups excluding carboxylic acids is 1. The molecule has 2 heterocycles. The third-order valence-electron chi connectivity index (χ3n) is 6.45. The molecule has 34 heavy (non-hydrogen) atoms. The first-order valence-electron chi connectivity index (χ1n) is 11.8. The molecule has 2 aliphatic heterocycles. The van der Waals surface area contributed by atoms with Crippen LogP contribution in [-0.2, 0) is 21.2 Å². The number of hydrogen-bond donors (Lipinski definition) is 1. The van der Waals surface area contributed by atoms with Crippen molar-refractivity contribution < 1.29 is 22.7 Å². The summed E-state index contributed by atoms with van der Waals surface area (Å²) in [6.07, 6.45) is 2.66. The summed E-state index contributed by atoms with van der Waals surface area (Å²) in [5, 5.41) is 0. The quantitative estimate of drug-likeness (QED) is 0.583. The van der Waals surface area contributed by atoms with Gasteiger partial charge in [-0.1, -0.05) is 18.2 Å². The molecule has 1 N–H and O–H groups in total. The number of nitrogens with one attached hydrogen (secondary N) is 1. The summed E-state index contributed by atoms with van der Waals surface area (Å²) in [6.45, 7) is 4.68. The molecule has 1 amide bonds. The molecule has 1 atom stereocenters. The molecule has 2 saturated heterocycles. The van der Waals surface area contributed by atoms with Crippen molar-refractivity contribution in [3.05, 3.63) is 59.7 Å². The summed E-state index contributed by atoms with van der Waals surface area (Å²) in [7, 11) is -2.04. The Morgan fingerprint density at radius 3 is 2.56 bits per heavy atom. The zero-order valence-electron chi connectivity index (χ0n) is 19.6. The van der Waals surface area contributed by atoms with Crippen LogP contribution in [0.25, 0.3) is 0 Å². The van der Waals surface area contributed by atoms with Gasteiger partial charge in [-0.2, -0.15) is 0 Å². The van der Waals surface area contributed by atoms with Crippen molar-refractivity contribution in [2.24, 2.45) is 0 Å². The van der Waals surface area contributed by atoms with Gasteiger partial charge in [0.05, 0.1) is 18.1 Å². The van der Waals surface area contributed by atoms with Gasteiger partial charge in [0, 0.05) is 51.4 Å². The first-order valence-corrected chi connectivity index (χ1v) is 13.3. The van der Waals surface area contributed by atoms with Crippen molar-refractivity contribution in [1.82, 2.24) is 14.5 Å². The minimum atomic E-state index is -3.70. The van der Waals surface area contributed by atoms with Gasteiger partial charge in [0.2, 0.25) is 10.0 Å². The maximum atomic E-state index is 13.1. The Morgan fingerprint density at radius 2 is 1.88 bits per heavy atom. The van der Waals surface area contributed by atoms with Gasteiger partial charge >= 0.3 is 0 Å². The normalized spacial score (nSPS) is 19.3. The van der Waals surface area contributed by atoms with E-state index in [0.717, 1.165) is 44.6 Å². The lowest BCUT2D eigenvalue weighted by Gasteiger charge is -2.34. The first-order chi connectivity index (χ1) is 16.4. The molecule has 0 aromatic heterocycles. The van der Waals surface area contributed by atoms with Gasteiger partial charge in [0.25, 0.3) is 5.91 Å². The summed E-state index contributed by atoms with van der Waals surface area (Å²) >= 11 is 0. The lowest BCUT2D eigenvalue weighted by molar-refractivity contribution is 0.0638. The van der Waals surface area contributed by atoms with E-state index in [1.54, 1.807) is 24.1 Å². The highest BCUT2D eigenvalue weighted by Gasteiger charge is 2.24. The number of nitrogens with zero attached hydrogens (tertiary/aromatic N) is 2. The second-order valence-corrected chi connectivity index (χ2v) is 10.5. The topological polar surface area (TPSA) is 88.2 Å². The number of amides is 1. The predicted molar refractivity (Wildman–Crippen MR) is 130 cm³/mol. The van der Waals surface area contributed by atoms with Gasteiger partial charge in [-0.3, -0.25) is 9.69 Å². The van der Waals surface area contributed by atoms with E-state index in [-0.39, 0.29) is 23.5 Å². The molecule has 0 saturated carbocycles. The van der Waals surface area contributed by atoms with Gasteiger partial charge < -0.3 is 14.4 Å². The minimum Gasteiger partial charge on any atom is -0.497 e. The third kappa shape index (κ3) is 6.35. The second kappa shape index (κ2) is 11.3. The number of carbonyl (C=O) groups is 1. The van der Waals surface area contributed by atoms with Crippen LogP contribution in [0.3, 0.4) is 0 Å². The monoisotopic (exact) mass is 487 g/mol. The molecule has 2 aromatic rings. The van der Waals surface area contributed by atoms with Crippen LogP contribution >= 0.6 is 0 Å². The number of methoxy groups -OCH3 is 1. The fraction of sp³-hybridized carbons (Fsp3) is 0.480. The number of hydrogen-bond acceptors (Lipinski definition) is 6. The molecule has 0 radical (unpaired) electrons. The molecular weight excluding hydrogens is 454 g/mol. The fourth-order valence-electron chi connectivity index (χ4n) is 4.32. The zero-order chi connectivity index (χ0) is 24.0. The van der Waals surface area contributed by atoms with E-state index < -0.39 is 10.0 Å². The van der Waals surface area contributed by atoms with Crippen LogP contribution in [0.5, 0.6) is 5.75 Å². The Morgan fingerprint density at radius 1 is 1.12 bits per heavy atom. The van der Waals surface area contributed by atoms with E-state index in [1.807, 2.05) is 12.1 Å². The van der Waals surface area contributed by atoms with Crippen molar-refractivity contribution in [2.75, 3.05) is 53.0 Å². The minimum absolute atomic E-state index is 0.0828. The summed E-state index contributed by atoms with van der Waals surface area (Å²) in [6, 6.07) is 14.4. The maximum absolute atomic E-state index is 13.1. The Hall–Kier alpha value is -2.46. The molecule has 0 bridgehead atoms. The van der Waals surface area contributed by atoms with E-state index in [9.17, 15) is 13.2 Å². The van der Waals surface area contributed by atoms with Gasteiger partial charge in [-0.15, -0.1) is 0 Å². The summed E-state index contributed by atoms with van der Waals surface area (Å²) in [4.78, 5) is 17.3. The van der Waals surface area contributed by atoms with E-state index in [4.69, 9.17) is 9.47 Å². The molecule has 2 fully saturated rings. The van der Waals surface area contributed by atoms with Gasteiger partial charge in [-0.05, 0) is 55.2 Å². The van der Waals surface area contributed by atoms with E-state index in [0.29, 0.717) is 25.3 Å². The highest BCUT2D eigenvalue weighted by Crippen LogP contribution is 2.17. The molecule has 0 spiro atoms. The Bertz CT molecular complexity index is 1060. The van der Waals surface area contributed by atoms with Crippen LogP contribution in [0.2, 0.25) is 0 Å². The highest BCUT2D eigenvalue weighted by molar-refractivity contribution is 7.89. The summed E-state index contributed by atoms with van der Waals surface area (Å²) in [5.74, 6) is 0.720. The number of benzene rings is 2. The lowest BCUT2D eigenvalue weighted by atomic mass is 10.1. The molecule has 8 nitrogen and oxygen atoms in total. The molecule has 1 unspecified atom stereocenters. The van der Waals surface area contributed by atoms with Crippen LogP contribution in [0.15, 0.2) is 53.4 Å². The summed E-state index contributed by atoms with van der Waals surface area (Å²) < 4.78 is 38.7. The molecule has 2 aliphatic rings. The van der Waals surface area contributed by atoms with Gasteiger partial charge in [-0.25, -0.2) is 13.1 Å². The van der Waals surface area contributed by atoms with Crippen LogP contribution in [0, 0.1) is 0 Å². The Balaban J connectivity index is 1.28. The van der Waals surface area contributed by atoms with Crippen molar-refractivity contribution in [2.45, 2.75) is 30.3 Å². The van der Waals surface area contributed by atoms with E-state index >= 15 is 0 Å². The van der Waals surface area contributed by atoms with E-state index in [2.05, 4.69) is 21.8 Å². The smallest absolute Gasteiger partial charge is 0.253 e. The molecular formula is C25H33N3O5S. The van der Waals surface area contributed by atoms with Crippen molar-refractivity contribution >= 4 is 15.9 Å². The number of sulfonamides is 1. The van der Waals surface area contributed by atoms with Crippen molar-refractivity contribution in [3.63, 3.8) is 0 Å². The van der Waals surface area contributed by atoms with Crippen LogP contribution in [-0.4, -0.2) is 83.2 Å². The largest absolute Gasteiger partial charge is 0.497 e. The molecule has 0 aliphatic carbocycles. The van der Waals surface area contributed by atoms with Crippen molar-refractivity contribution in [1.29, 1.82) is 0 Å². The van der Waals surface area contributed by atoms with Crippen LogP contribution in [0.4, 0.5) is 0 Å². The van der Waals surface area contributed by atoms with E-state index in [1.165, 1.54) is 17.7 Å². The van der Waals surface area contributed by atoms with Crippen LogP contribution < -0.4 is 9.46 Å². The number of rotatable bonds is 9. The highest BCUT2D eigenvalue weighted by atomic mass is 32.2. The average Bonchev–Trinajstić information content (AvgIpc) is 3.40. The van der Waals surface area contributed by atoms with Crippen molar-refractivity contribution in [3.8, 4) is 5.75 Å². The zero-order valence-corrected chi connectivity index (χ0v) is 20.4. The standard InChI is InChI=1S/C25H33N3O5S/c1-32-22-9-7-20(8-10-22)11-12-27-13-15-28(16-14-27)25(29)21-4-2-6-24(18-21)34(30,31)26-19-23-5-3-17-33-23/h2,4,6-10,18,23,26H,3,5,11-17,19H2,1H3. The summed E-state index contributed by atoms with van der Waals surface area (Å²) in [5.41, 5.74) is 1.65. The maximum Gasteiger partial charge on any atom is 0.253 e. The van der Waals surface area contributed by atoms with Gasteiger partial charge in [0.1, 0.15) is 5.75 Å². The number of piperazine rings is 1. The van der Waals surface area contributed by atoms with Crippen LogP contribution in [0.1, 0.15) is 28.8 Å². The third-order valence-corrected chi connectivity index (χ3v) is 7.87. The number of ether oxygens (including phenoxy) is 2. The SMILES string of the molecule is COc1ccc(CCN2CCN(C(=O)c3cccc(S(=O)(=O)NCC4CCCO4)c3)CC2)cc1. The second-order valence-electron chi connectivity index (χ2n) is 8.75. The molecule has 184 valence electrons. The predicted octanol–water partition coefficient (Wildman–Crippen LogP) is 2.15. The van der Waals surface area contributed by atoms with Gasteiger partial charge in [0.15, 0.2) is 0 Å². The Labute approximate surface area is 201 Å². The molecule has 2 aromatic carbocycles. The molecule has 9 heteroatoms. The molecule has 4 rings (SSSR count). The Kier molecular flexibility index (Phi) is 8.20. The average molecular weight is 488 g/mol.